The zero-order valence-electron chi connectivity index (χ0n) is 14.4. The van der Waals surface area contributed by atoms with Crippen LogP contribution in [0.1, 0.15) is 45.1 Å². The van der Waals surface area contributed by atoms with Crippen molar-refractivity contribution in [3.8, 4) is 11.5 Å². The Kier molecular flexibility index (Phi) is 8.41. The minimum absolute atomic E-state index is 0.268. The van der Waals surface area contributed by atoms with Gasteiger partial charge in [0, 0.05) is 19.5 Å². The third-order valence-electron chi connectivity index (χ3n) is 3.64. The average molecular weight is 307 g/mol. The highest BCUT2D eigenvalue weighted by atomic mass is 16.5. The minimum atomic E-state index is 0.268. The highest BCUT2D eigenvalue weighted by Gasteiger charge is 2.11. The first kappa shape index (κ1) is 18.3. The van der Waals surface area contributed by atoms with Crippen molar-refractivity contribution >= 4 is 5.91 Å². The molecule has 0 aliphatic carbocycles. The van der Waals surface area contributed by atoms with Gasteiger partial charge in [0.2, 0.25) is 5.91 Å². The standard InChI is InChI=1S/C18H29NO3/c1-5-12-19(13-6-2)18(20)9-7-8-15-10-11-16(21-3)17(14-15)22-4/h10-11,14H,5-9,12-13H2,1-4H3. The number of amides is 1. The normalized spacial score (nSPS) is 10.4. The zero-order valence-corrected chi connectivity index (χ0v) is 14.4. The summed E-state index contributed by atoms with van der Waals surface area (Å²) in [6.45, 7) is 5.95. The molecule has 1 aromatic rings. The fraction of sp³-hybridized carbons (Fsp3) is 0.611. The fourth-order valence-electron chi connectivity index (χ4n) is 2.54. The molecule has 0 heterocycles. The SMILES string of the molecule is CCCN(CCC)C(=O)CCCc1ccc(OC)c(OC)c1. The van der Waals surface area contributed by atoms with Crippen molar-refractivity contribution in [3.05, 3.63) is 23.8 Å². The zero-order chi connectivity index (χ0) is 16.4. The van der Waals surface area contributed by atoms with Crippen LogP contribution in [-0.4, -0.2) is 38.1 Å². The minimum Gasteiger partial charge on any atom is -0.493 e. The van der Waals surface area contributed by atoms with Gasteiger partial charge in [-0.25, -0.2) is 0 Å². The third kappa shape index (κ3) is 5.58. The van der Waals surface area contributed by atoms with Crippen molar-refractivity contribution in [2.75, 3.05) is 27.3 Å². The lowest BCUT2D eigenvalue weighted by atomic mass is 10.1. The smallest absolute Gasteiger partial charge is 0.222 e. The van der Waals surface area contributed by atoms with Crippen LogP contribution >= 0.6 is 0 Å². The summed E-state index contributed by atoms with van der Waals surface area (Å²) in [4.78, 5) is 14.2. The Balaban J connectivity index is 2.50. The lowest BCUT2D eigenvalue weighted by Crippen LogP contribution is -2.32. The predicted molar refractivity (Wildman–Crippen MR) is 89.6 cm³/mol. The van der Waals surface area contributed by atoms with Gasteiger partial charge in [-0.3, -0.25) is 4.79 Å². The van der Waals surface area contributed by atoms with Gasteiger partial charge in [0.15, 0.2) is 11.5 Å². The molecule has 0 aromatic heterocycles. The summed E-state index contributed by atoms with van der Waals surface area (Å²) in [5.74, 6) is 1.74. The van der Waals surface area contributed by atoms with Gasteiger partial charge in [0.25, 0.3) is 0 Å². The summed E-state index contributed by atoms with van der Waals surface area (Å²) in [6.07, 6.45) is 4.37. The molecule has 22 heavy (non-hydrogen) atoms. The Morgan fingerprint density at radius 2 is 1.68 bits per heavy atom. The van der Waals surface area contributed by atoms with Gasteiger partial charge < -0.3 is 14.4 Å². The first-order valence-electron chi connectivity index (χ1n) is 8.14. The average Bonchev–Trinajstić information content (AvgIpc) is 2.54. The van der Waals surface area contributed by atoms with Gasteiger partial charge in [-0.05, 0) is 43.4 Å². The van der Waals surface area contributed by atoms with E-state index in [2.05, 4.69) is 13.8 Å². The molecule has 0 aliphatic rings. The van der Waals surface area contributed by atoms with Crippen molar-refractivity contribution in [3.63, 3.8) is 0 Å². The van der Waals surface area contributed by atoms with Gasteiger partial charge in [-0.15, -0.1) is 0 Å². The second-order valence-electron chi connectivity index (χ2n) is 5.42. The number of hydrogen-bond donors (Lipinski definition) is 0. The van der Waals surface area contributed by atoms with E-state index < -0.39 is 0 Å². The van der Waals surface area contributed by atoms with Gasteiger partial charge in [0.05, 0.1) is 14.2 Å². The summed E-state index contributed by atoms with van der Waals surface area (Å²) in [6, 6.07) is 5.93. The molecule has 0 saturated heterocycles. The molecule has 1 amide bonds. The Morgan fingerprint density at radius 3 is 2.23 bits per heavy atom. The molecule has 0 saturated carbocycles. The van der Waals surface area contributed by atoms with E-state index >= 15 is 0 Å². The molecule has 4 nitrogen and oxygen atoms in total. The second kappa shape index (κ2) is 10.1. The molecule has 0 aliphatic heterocycles. The van der Waals surface area contributed by atoms with Crippen LogP contribution in [0.5, 0.6) is 11.5 Å². The number of nitrogens with zero attached hydrogens (tertiary/aromatic N) is 1. The first-order chi connectivity index (χ1) is 10.7. The molecule has 0 N–H and O–H groups in total. The van der Waals surface area contributed by atoms with E-state index in [1.807, 2.05) is 23.1 Å². The highest BCUT2D eigenvalue weighted by Crippen LogP contribution is 2.28. The number of ether oxygens (including phenoxy) is 2. The molecule has 0 bridgehead atoms. The van der Waals surface area contributed by atoms with Crippen molar-refractivity contribution in [1.29, 1.82) is 0 Å². The number of hydrogen-bond acceptors (Lipinski definition) is 3. The Bertz CT molecular complexity index is 454. The van der Waals surface area contributed by atoms with Crippen LogP contribution in [0.25, 0.3) is 0 Å². The summed E-state index contributed by atoms with van der Waals surface area (Å²) in [5, 5.41) is 0. The lowest BCUT2D eigenvalue weighted by molar-refractivity contribution is -0.131. The van der Waals surface area contributed by atoms with E-state index in [9.17, 15) is 4.79 Å². The van der Waals surface area contributed by atoms with Crippen LogP contribution in [0.2, 0.25) is 0 Å². The number of rotatable bonds is 10. The molecular weight excluding hydrogens is 278 g/mol. The lowest BCUT2D eigenvalue weighted by Gasteiger charge is -2.21. The predicted octanol–water partition coefficient (Wildman–Crippen LogP) is 3.68. The van der Waals surface area contributed by atoms with Crippen LogP contribution in [0.3, 0.4) is 0 Å². The van der Waals surface area contributed by atoms with E-state index in [-0.39, 0.29) is 5.91 Å². The summed E-state index contributed by atoms with van der Waals surface area (Å²) >= 11 is 0. The van der Waals surface area contributed by atoms with E-state index in [0.717, 1.165) is 50.3 Å². The van der Waals surface area contributed by atoms with Crippen LogP contribution in [0.15, 0.2) is 18.2 Å². The van der Waals surface area contributed by atoms with E-state index in [1.54, 1.807) is 14.2 Å². The van der Waals surface area contributed by atoms with E-state index in [1.165, 1.54) is 5.56 Å². The Labute approximate surface area is 134 Å². The molecule has 1 aromatic carbocycles. The molecule has 124 valence electrons. The van der Waals surface area contributed by atoms with Gasteiger partial charge in [-0.1, -0.05) is 19.9 Å². The topological polar surface area (TPSA) is 38.8 Å². The van der Waals surface area contributed by atoms with Crippen molar-refractivity contribution in [1.82, 2.24) is 4.90 Å². The quantitative estimate of drug-likeness (QED) is 0.662. The molecule has 1 rings (SSSR count). The van der Waals surface area contributed by atoms with E-state index in [4.69, 9.17) is 9.47 Å². The van der Waals surface area contributed by atoms with E-state index in [0.29, 0.717) is 6.42 Å². The maximum Gasteiger partial charge on any atom is 0.222 e. The molecule has 0 spiro atoms. The van der Waals surface area contributed by atoms with Crippen molar-refractivity contribution < 1.29 is 14.3 Å². The summed E-state index contributed by atoms with van der Waals surface area (Å²) in [5.41, 5.74) is 1.17. The Morgan fingerprint density at radius 1 is 1.05 bits per heavy atom. The number of carbonyl (C=O) groups is 1. The highest BCUT2D eigenvalue weighted by molar-refractivity contribution is 5.76. The number of aryl methyl sites for hydroxylation is 1. The molecule has 0 atom stereocenters. The number of methoxy groups -OCH3 is 2. The Hall–Kier alpha value is -1.71. The summed E-state index contributed by atoms with van der Waals surface area (Å²) in [7, 11) is 3.27. The monoisotopic (exact) mass is 307 g/mol. The largest absolute Gasteiger partial charge is 0.493 e. The van der Waals surface area contributed by atoms with Gasteiger partial charge in [0.1, 0.15) is 0 Å². The first-order valence-corrected chi connectivity index (χ1v) is 8.14. The van der Waals surface area contributed by atoms with Crippen LogP contribution in [0, 0.1) is 0 Å². The molecule has 0 unspecified atom stereocenters. The molecule has 0 fully saturated rings. The molecule has 4 heteroatoms. The molecular formula is C18H29NO3. The van der Waals surface area contributed by atoms with Crippen molar-refractivity contribution in [2.24, 2.45) is 0 Å². The molecule has 0 radical (unpaired) electrons. The van der Waals surface area contributed by atoms with Crippen LogP contribution < -0.4 is 9.47 Å². The van der Waals surface area contributed by atoms with Crippen LogP contribution in [-0.2, 0) is 11.2 Å². The third-order valence-corrected chi connectivity index (χ3v) is 3.64. The fourth-order valence-corrected chi connectivity index (χ4v) is 2.54. The second-order valence-corrected chi connectivity index (χ2v) is 5.42. The van der Waals surface area contributed by atoms with Gasteiger partial charge >= 0.3 is 0 Å². The van der Waals surface area contributed by atoms with Gasteiger partial charge in [-0.2, -0.15) is 0 Å². The maximum absolute atomic E-state index is 12.2. The van der Waals surface area contributed by atoms with Crippen molar-refractivity contribution in [2.45, 2.75) is 46.0 Å². The number of carbonyl (C=O) groups excluding carboxylic acids is 1. The maximum atomic E-state index is 12.2. The summed E-state index contributed by atoms with van der Waals surface area (Å²) < 4.78 is 10.5. The number of benzene rings is 1. The van der Waals surface area contributed by atoms with Crippen LogP contribution in [0.4, 0.5) is 0 Å².